The minimum atomic E-state index is 0.115. The summed E-state index contributed by atoms with van der Waals surface area (Å²) < 4.78 is 7.58. The summed E-state index contributed by atoms with van der Waals surface area (Å²) in [6, 6.07) is 8.19. The Labute approximate surface area is 157 Å². The largest absolute Gasteiger partial charge is 0.376 e. The van der Waals surface area contributed by atoms with E-state index in [1.165, 1.54) is 5.69 Å². The molecular formula is C20H23N5O2. The monoisotopic (exact) mass is 365 g/mol. The molecule has 2 aromatic heterocycles. The Kier molecular flexibility index (Phi) is 3.89. The first-order valence-electron chi connectivity index (χ1n) is 9.44. The van der Waals surface area contributed by atoms with E-state index in [1.54, 1.807) is 6.33 Å². The molecule has 4 heterocycles. The molecule has 2 aliphatic heterocycles. The molecule has 140 valence electrons. The summed E-state index contributed by atoms with van der Waals surface area (Å²) in [6.07, 6.45) is 2.61. The van der Waals surface area contributed by atoms with Gasteiger partial charge >= 0.3 is 0 Å². The van der Waals surface area contributed by atoms with Crippen LogP contribution in [-0.2, 0) is 24.8 Å². The second-order valence-electron chi connectivity index (χ2n) is 7.22. The number of fused-ring (bicyclic) bond motifs is 2. The van der Waals surface area contributed by atoms with Crippen LogP contribution < -0.4 is 4.90 Å². The van der Waals surface area contributed by atoms with E-state index in [4.69, 9.17) is 4.74 Å². The number of carbonyl (C=O) groups excluding carboxylic acids is 1. The number of H-pyrrole nitrogens is 1. The quantitative estimate of drug-likeness (QED) is 0.754. The first-order chi connectivity index (χ1) is 13.2. The summed E-state index contributed by atoms with van der Waals surface area (Å²) in [5, 5.41) is 0. The Bertz CT molecular complexity index is 997. The molecule has 7 nitrogen and oxygen atoms in total. The lowest BCUT2D eigenvalue weighted by molar-refractivity contribution is 0.0736. The van der Waals surface area contributed by atoms with Crippen LogP contribution in [0.5, 0.6) is 0 Å². The van der Waals surface area contributed by atoms with Gasteiger partial charge in [-0.3, -0.25) is 4.79 Å². The van der Waals surface area contributed by atoms with E-state index in [2.05, 4.69) is 25.5 Å². The topological polar surface area (TPSA) is 66.4 Å². The fraction of sp³-hybridized carbons (Fsp3) is 0.400. The number of nitrogens with zero attached hydrogens (tertiary/aromatic N) is 4. The molecule has 2 aliphatic rings. The predicted octanol–water partition coefficient (Wildman–Crippen LogP) is 1.94. The van der Waals surface area contributed by atoms with Gasteiger partial charge in [0, 0.05) is 45.3 Å². The van der Waals surface area contributed by atoms with Crippen molar-refractivity contribution in [2.45, 2.75) is 13.0 Å². The number of benzene rings is 1. The Morgan fingerprint density at radius 2 is 2.07 bits per heavy atom. The van der Waals surface area contributed by atoms with Crippen molar-refractivity contribution in [3.8, 4) is 0 Å². The molecule has 0 saturated carbocycles. The highest BCUT2D eigenvalue weighted by Gasteiger charge is 2.27. The molecule has 0 aliphatic carbocycles. The number of hydrogen-bond donors (Lipinski definition) is 1. The molecule has 1 amide bonds. The molecule has 0 bridgehead atoms. The number of hydrogen-bond acceptors (Lipinski definition) is 4. The molecule has 1 saturated heterocycles. The minimum Gasteiger partial charge on any atom is -0.376 e. The third-order valence-corrected chi connectivity index (χ3v) is 5.74. The summed E-state index contributed by atoms with van der Waals surface area (Å²) in [5.41, 5.74) is 6.32. The lowest BCUT2D eigenvalue weighted by Crippen LogP contribution is -2.49. The van der Waals surface area contributed by atoms with E-state index in [1.807, 2.05) is 30.1 Å². The van der Waals surface area contributed by atoms with Gasteiger partial charge in [-0.2, -0.15) is 0 Å². The number of nitrogens with one attached hydrogen (secondary N) is 1. The zero-order valence-electron chi connectivity index (χ0n) is 15.4. The zero-order chi connectivity index (χ0) is 18.4. The minimum absolute atomic E-state index is 0.115. The number of ether oxygens (including phenoxy) is 1. The standard InChI is InChI=1S/C20H23N5O2/c1-23-16-5-10-27-12-14(16)11-18(23)20(26)25-8-6-24(7-9-25)17-4-2-3-15-19(17)22-13-21-15/h2-4,11,13H,5-10,12H2,1H3,(H,21,22). The van der Waals surface area contributed by atoms with Gasteiger partial charge in [0.2, 0.25) is 0 Å². The van der Waals surface area contributed by atoms with Crippen LogP contribution in [0, 0.1) is 0 Å². The van der Waals surface area contributed by atoms with Gasteiger partial charge in [0.15, 0.2) is 0 Å². The summed E-state index contributed by atoms with van der Waals surface area (Å²) in [7, 11) is 1.99. The molecule has 0 spiro atoms. The maximum Gasteiger partial charge on any atom is 0.270 e. The van der Waals surface area contributed by atoms with Crippen LogP contribution >= 0.6 is 0 Å². The van der Waals surface area contributed by atoms with Gasteiger partial charge in [-0.25, -0.2) is 4.98 Å². The van der Waals surface area contributed by atoms with Crippen molar-refractivity contribution in [1.82, 2.24) is 19.4 Å². The smallest absolute Gasteiger partial charge is 0.270 e. The average molecular weight is 365 g/mol. The average Bonchev–Trinajstić information content (AvgIpc) is 3.32. The maximum atomic E-state index is 13.1. The third kappa shape index (κ3) is 2.70. The second-order valence-corrected chi connectivity index (χ2v) is 7.22. The highest BCUT2D eigenvalue weighted by atomic mass is 16.5. The van der Waals surface area contributed by atoms with Crippen LogP contribution in [0.4, 0.5) is 5.69 Å². The molecule has 27 heavy (non-hydrogen) atoms. The van der Waals surface area contributed by atoms with Crippen molar-refractivity contribution in [2.75, 3.05) is 37.7 Å². The van der Waals surface area contributed by atoms with Gasteiger partial charge in [-0.15, -0.1) is 0 Å². The third-order valence-electron chi connectivity index (χ3n) is 5.74. The number of rotatable bonds is 2. The predicted molar refractivity (Wildman–Crippen MR) is 103 cm³/mol. The summed E-state index contributed by atoms with van der Waals surface area (Å²) in [6.45, 7) is 4.39. The second kappa shape index (κ2) is 6.42. The van der Waals surface area contributed by atoms with Crippen molar-refractivity contribution >= 4 is 22.6 Å². The molecule has 0 unspecified atom stereocenters. The van der Waals surface area contributed by atoms with Crippen molar-refractivity contribution in [3.05, 3.63) is 47.5 Å². The molecular weight excluding hydrogens is 342 g/mol. The van der Waals surface area contributed by atoms with Gasteiger partial charge in [-0.05, 0) is 23.8 Å². The molecule has 7 heteroatoms. The fourth-order valence-corrected chi connectivity index (χ4v) is 4.23. The number of piperazine rings is 1. The van der Waals surface area contributed by atoms with Gasteiger partial charge in [-0.1, -0.05) is 6.07 Å². The first kappa shape index (κ1) is 16.4. The Balaban J connectivity index is 1.33. The van der Waals surface area contributed by atoms with Gasteiger partial charge in [0.05, 0.1) is 30.7 Å². The highest BCUT2D eigenvalue weighted by Crippen LogP contribution is 2.26. The Hall–Kier alpha value is -2.80. The highest BCUT2D eigenvalue weighted by molar-refractivity contribution is 5.94. The molecule has 1 aromatic carbocycles. The first-order valence-corrected chi connectivity index (χ1v) is 9.44. The van der Waals surface area contributed by atoms with Gasteiger partial charge in [0.1, 0.15) is 11.2 Å². The van der Waals surface area contributed by atoms with Crippen LogP contribution in [0.3, 0.4) is 0 Å². The molecule has 0 atom stereocenters. The van der Waals surface area contributed by atoms with E-state index in [-0.39, 0.29) is 5.91 Å². The van der Waals surface area contributed by atoms with E-state index < -0.39 is 0 Å². The number of amides is 1. The van der Waals surface area contributed by atoms with Crippen molar-refractivity contribution in [1.29, 1.82) is 0 Å². The summed E-state index contributed by atoms with van der Waals surface area (Å²) >= 11 is 0. The fourth-order valence-electron chi connectivity index (χ4n) is 4.23. The van der Waals surface area contributed by atoms with Gasteiger partial charge < -0.3 is 24.1 Å². The SMILES string of the molecule is Cn1c(C(=O)N2CCN(c3cccc4[nH]cnc34)CC2)cc2c1CCOC2. The van der Waals surface area contributed by atoms with Crippen molar-refractivity contribution in [2.24, 2.45) is 7.05 Å². The normalized spacial score (nSPS) is 17.4. The number of para-hydroxylation sites is 1. The molecule has 1 fully saturated rings. The molecule has 5 rings (SSSR count). The van der Waals surface area contributed by atoms with Crippen molar-refractivity contribution in [3.63, 3.8) is 0 Å². The Morgan fingerprint density at radius 1 is 1.22 bits per heavy atom. The lowest BCUT2D eigenvalue weighted by atomic mass is 10.1. The van der Waals surface area contributed by atoms with Crippen LogP contribution in [0.2, 0.25) is 0 Å². The maximum absolute atomic E-state index is 13.1. The van der Waals surface area contributed by atoms with Crippen LogP contribution in [0.25, 0.3) is 11.0 Å². The van der Waals surface area contributed by atoms with Crippen LogP contribution in [-0.4, -0.2) is 58.1 Å². The summed E-state index contributed by atoms with van der Waals surface area (Å²) in [5.74, 6) is 0.115. The number of aromatic nitrogens is 3. The number of anilines is 1. The van der Waals surface area contributed by atoms with Crippen molar-refractivity contribution < 1.29 is 9.53 Å². The number of aromatic amines is 1. The van der Waals surface area contributed by atoms with Crippen LogP contribution in [0.15, 0.2) is 30.6 Å². The molecule has 0 radical (unpaired) electrons. The number of imidazole rings is 1. The van der Waals surface area contributed by atoms with Gasteiger partial charge in [0.25, 0.3) is 5.91 Å². The summed E-state index contributed by atoms with van der Waals surface area (Å²) in [4.78, 5) is 25.0. The lowest BCUT2D eigenvalue weighted by Gasteiger charge is -2.36. The van der Waals surface area contributed by atoms with E-state index in [0.717, 1.165) is 54.1 Å². The molecule has 1 N–H and O–H groups in total. The Morgan fingerprint density at radius 3 is 2.89 bits per heavy atom. The van der Waals surface area contributed by atoms with E-state index in [9.17, 15) is 4.79 Å². The number of carbonyl (C=O) groups is 1. The van der Waals surface area contributed by atoms with E-state index in [0.29, 0.717) is 19.7 Å². The zero-order valence-corrected chi connectivity index (χ0v) is 15.4. The van der Waals surface area contributed by atoms with Crippen LogP contribution in [0.1, 0.15) is 21.7 Å². The van der Waals surface area contributed by atoms with E-state index >= 15 is 0 Å². The molecule has 3 aromatic rings.